The predicted octanol–water partition coefficient (Wildman–Crippen LogP) is 2.37. The van der Waals surface area contributed by atoms with Gasteiger partial charge in [-0.15, -0.1) is 0 Å². The van der Waals surface area contributed by atoms with Gasteiger partial charge in [0.1, 0.15) is 6.33 Å². The molecule has 0 fully saturated rings. The average molecular weight is 285 g/mol. The van der Waals surface area contributed by atoms with E-state index in [2.05, 4.69) is 20.6 Å². The lowest BCUT2D eigenvalue weighted by Gasteiger charge is -2.12. The van der Waals surface area contributed by atoms with E-state index >= 15 is 0 Å². The van der Waals surface area contributed by atoms with Gasteiger partial charge in [0.25, 0.3) is 0 Å². The van der Waals surface area contributed by atoms with Gasteiger partial charge < -0.3 is 10.6 Å². The van der Waals surface area contributed by atoms with Crippen LogP contribution in [-0.4, -0.2) is 39.5 Å². The summed E-state index contributed by atoms with van der Waals surface area (Å²) in [6.07, 6.45) is 4.19. The van der Waals surface area contributed by atoms with Crippen LogP contribution in [0.25, 0.3) is 0 Å². The van der Waals surface area contributed by atoms with Gasteiger partial charge in [0.2, 0.25) is 11.6 Å². The smallest absolute Gasteiger partial charge is 0.353 e. The number of thioether (sulfide) groups is 1. The van der Waals surface area contributed by atoms with E-state index in [1.54, 1.807) is 11.8 Å². The van der Waals surface area contributed by atoms with Crippen LogP contribution >= 0.6 is 11.8 Å². The minimum Gasteiger partial charge on any atom is -0.364 e. The van der Waals surface area contributed by atoms with Crippen LogP contribution in [0.1, 0.15) is 20.3 Å². The second-order valence-electron chi connectivity index (χ2n) is 4.03. The molecule has 0 saturated heterocycles. The second-order valence-corrected chi connectivity index (χ2v) is 5.31. The SMILES string of the molecule is CCCNc1ncnc(NCC(C)SC)c1[N+](=O)[O-]. The average Bonchev–Trinajstić information content (AvgIpc) is 2.41. The van der Waals surface area contributed by atoms with Crippen molar-refractivity contribution in [1.29, 1.82) is 0 Å². The highest BCUT2D eigenvalue weighted by Gasteiger charge is 2.22. The Balaban J connectivity index is 2.92. The molecule has 0 aliphatic heterocycles. The maximum atomic E-state index is 11.2. The summed E-state index contributed by atoms with van der Waals surface area (Å²) in [7, 11) is 0. The summed E-state index contributed by atoms with van der Waals surface area (Å²) in [6, 6.07) is 0. The lowest BCUT2D eigenvalue weighted by atomic mass is 10.4. The van der Waals surface area contributed by atoms with E-state index in [1.165, 1.54) is 6.33 Å². The number of anilines is 2. The summed E-state index contributed by atoms with van der Waals surface area (Å²) >= 11 is 1.68. The highest BCUT2D eigenvalue weighted by molar-refractivity contribution is 7.99. The van der Waals surface area contributed by atoms with Crippen LogP contribution in [0, 0.1) is 10.1 Å². The molecule has 1 atom stereocenters. The highest BCUT2D eigenvalue weighted by Crippen LogP contribution is 2.28. The fourth-order valence-electron chi connectivity index (χ4n) is 1.38. The Bertz CT molecular complexity index is 430. The van der Waals surface area contributed by atoms with E-state index in [-0.39, 0.29) is 17.3 Å². The molecular weight excluding hydrogens is 266 g/mol. The first-order valence-corrected chi connectivity index (χ1v) is 7.38. The van der Waals surface area contributed by atoms with Crippen molar-refractivity contribution in [3.63, 3.8) is 0 Å². The molecule has 7 nitrogen and oxygen atoms in total. The van der Waals surface area contributed by atoms with E-state index in [0.29, 0.717) is 18.3 Å². The first kappa shape index (κ1) is 15.5. The van der Waals surface area contributed by atoms with Gasteiger partial charge in [-0.2, -0.15) is 11.8 Å². The number of nitro groups is 1. The quantitative estimate of drug-likeness (QED) is 0.559. The van der Waals surface area contributed by atoms with Gasteiger partial charge in [0.15, 0.2) is 0 Å². The zero-order valence-electron chi connectivity index (χ0n) is 11.3. The van der Waals surface area contributed by atoms with Gasteiger partial charge in [0.05, 0.1) is 4.92 Å². The monoisotopic (exact) mass is 285 g/mol. The zero-order valence-corrected chi connectivity index (χ0v) is 12.2. The first-order valence-electron chi connectivity index (χ1n) is 6.10. The van der Waals surface area contributed by atoms with Gasteiger partial charge in [-0.3, -0.25) is 10.1 Å². The summed E-state index contributed by atoms with van der Waals surface area (Å²) in [6.45, 7) is 5.28. The molecule has 0 aliphatic rings. The highest BCUT2D eigenvalue weighted by atomic mass is 32.2. The molecule has 19 heavy (non-hydrogen) atoms. The van der Waals surface area contributed by atoms with Gasteiger partial charge in [-0.1, -0.05) is 13.8 Å². The van der Waals surface area contributed by atoms with Gasteiger partial charge in [-0.05, 0) is 12.7 Å². The molecule has 0 saturated carbocycles. The van der Waals surface area contributed by atoms with E-state index in [1.807, 2.05) is 20.1 Å². The minimum atomic E-state index is -0.454. The van der Waals surface area contributed by atoms with Crippen LogP contribution in [-0.2, 0) is 0 Å². The molecule has 1 aromatic heterocycles. The maximum Gasteiger partial charge on any atom is 0.353 e. The molecule has 106 valence electrons. The Kier molecular flexibility index (Phi) is 6.34. The minimum absolute atomic E-state index is 0.0933. The first-order chi connectivity index (χ1) is 9.10. The molecule has 8 heteroatoms. The van der Waals surface area contributed by atoms with Gasteiger partial charge >= 0.3 is 5.69 Å². The van der Waals surface area contributed by atoms with E-state index < -0.39 is 4.92 Å². The van der Waals surface area contributed by atoms with Crippen molar-refractivity contribution in [3.05, 3.63) is 16.4 Å². The predicted molar refractivity (Wildman–Crippen MR) is 78.9 cm³/mol. The summed E-state index contributed by atoms with van der Waals surface area (Å²) in [5.41, 5.74) is -0.0933. The largest absolute Gasteiger partial charge is 0.364 e. The summed E-state index contributed by atoms with van der Waals surface area (Å²) in [5.74, 6) is 0.528. The Morgan fingerprint density at radius 3 is 2.58 bits per heavy atom. The van der Waals surface area contributed by atoms with Gasteiger partial charge in [0, 0.05) is 18.3 Å². The zero-order chi connectivity index (χ0) is 14.3. The fourth-order valence-corrected chi connectivity index (χ4v) is 1.63. The second kappa shape index (κ2) is 7.78. The van der Waals surface area contributed by atoms with Crippen LogP contribution < -0.4 is 10.6 Å². The molecule has 2 N–H and O–H groups in total. The third-order valence-electron chi connectivity index (χ3n) is 2.51. The number of aromatic nitrogens is 2. The summed E-state index contributed by atoms with van der Waals surface area (Å²) in [4.78, 5) is 18.6. The number of hydrogen-bond acceptors (Lipinski definition) is 7. The van der Waals surface area contributed by atoms with Crippen molar-refractivity contribution < 1.29 is 4.92 Å². The molecule has 0 spiro atoms. The maximum absolute atomic E-state index is 11.2. The third kappa shape index (κ3) is 4.55. The Labute approximate surface area is 116 Å². The van der Waals surface area contributed by atoms with Crippen LogP contribution in [0.3, 0.4) is 0 Å². The van der Waals surface area contributed by atoms with Crippen LogP contribution in [0.2, 0.25) is 0 Å². The number of rotatable bonds is 8. The molecular formula is C11H19N5O2S. The lowest BCUT2D eigenvalue weighted by Crippen LogP contribution is -2.16. The van der Waals surface area contributed by atoms with Crippen LogP contribution in [0.15, 0.2) is 6.33 Å². The summed E-state index contributed by atoms with van der Waals surface area (Å²) in [5, 5.41) is 17.5. The number of hydrogen-bond donors (Lipinski definition) is 2. The lowest BCUT2D eigenvalue weighted by molar-refractivity contribution is -0.383. The van der Waals surface area contributed by atoms with Crippen molar-refractivity contribution in [3.8, 4) is 0 Å². The molecule has 0 bridgehead atoms. The molecule has 1 unspecified atom stereocenters. The molecule has 0 amide bonds. The molecule has 0 radical (unpaired) electrons. The normalized spacial score (nSPS) is 11.9. The molecule has 1 rings (SSSR count). The van der Waals surface area contributed by atoms with E-state index in [9.17, 15) is 10.1 Å². The number of nitrogens with zero attached hydrogens (tertiary/aromatic N) is 3. The standard InChI is InChI=1S/C11H19N5O2S/c1-4-5-12-10-9(16(17)18)11(15-7-14-10)13-6-8(2)19-3/h7-8H,4-6H2,1-3H3,(H2,12,13,14,15). The third-order valence-corrected chi connectivity index (χ3v) is 3.48. The van der Waals surface area contributed by atoms with Crippen molar-refractivity contribution >= 4 is 29.1 Å². The van der Waals surface area contributed by atoms with E-state index in [4.69, 9.17) is 0 Å². The van der Waals surface area contributed by atoms with Crippen LogP contribution in [0.5, 0.6) is 0 Å². The van der Waals surface area contributed by atoms with Crippen LogP contribution in [0.4, 0.5) is 17.3 Å². The number of nitrogens with one attached hydrogen (secondary N) is 2. The summed E-state index contributed by atoms with van der Waals surface area (Å²) < 4.78 is 0. The van der Waals surface area contributed by atoms with Crippen molar-refractivity contribution in [2.75, 3.05) is 30.0 Å². The van der Waals surface area contributed by atoms with Gasteiger partial charge in [-0.25, -0.2) is 9.97 Å². The van der Waals surface area contributed by atoms with Crippen molar-refractivity contribution in [2.45, 2.75) is 25.5 Å². The fraction of sp³-hybridized carbons (Fsp3) is 0.636. The van der Waals surface area contributed by atoms with E-state index in [0.717, 1.165) is 6.42 Å². The topological polar surface area (TPSA) is 93.0 Å². The molecule has 0 aromatic carbocycles. The molecule has 1 aromatic rings. The van der Waals surface area contributed by atoms with Crippen molar-refractivity contribution in [1.82, 2.24) is 9.97 Å². The Morgan fingerprint density at radius 2 is 2.05 bits per heavy atom. The Morgan fingerprint density at radius 1 is 1.42 bits per heavy atom. The van der Waals surface area contributed by atoms with Crippen molar-refractivity contribution in [2.24, 2.45) is 0 Å². The molecule has 0 aliphatic carbocycles. The molecule has 1 heterocycles. The Hall–Kier alpha value is -1.57.